The van der Waals surface area contributed by atoms with Crippen LogP contribution in [0.3, 0.4) is 0 Å². The molecule has 0 radical (unpaired) electrons. The third kappa shape index (κ3) is 2.35. The molecule has 1 aliphatic heterocycles. The van der Waals surface area contributed by atoms with E-state index in [9.17, 15) is 18.5 Å². The summed E-state index contributed by atoms with van der Waals surface area (Å²) >= 11 is 0. The van der Waals surface area contributed by atoms with Gasteiger partial charge in [0.2, 0.25) is 0 Å². The highest BCUT2D eigenvalue weighted by Crippen LogP contribution is 2.38. The molecule has 0 amide bonds. The first-order valence-corrected chi connectivity index (χ1v) is 6.62. The van der Waals surface area contributed by atoms with Crippen molar-refractivity contribution >= 4 is 15.8 Å². The van der Waals surface area contributed by atoms with Crippen molar-refractivity contribution in [2.45, 2.75) is 23.8 Å². The number of ether oxygens (including phenoxy) is 1. The molecule has 18 heavy (non-hydrogen) atoms. The number of nitrogens with zero attached hydrogens (tertiary/aromatic N) is 1. The average molecular weight is 273 g/mol. The molecule has 1 aromatic rings. The van der Waals surface area contributed by atoms with Gasteiger partial charge in [0, 0.05) is 12.0 Å². The van der Waals surface area contributed by atoms with Crippen molar-refractivity contribution in [3.63, 3.8) is 0 Å². The number of epoxide rings is 1. The topological polar surface area (TPSA) is 110 Å². The van der Waals surface area contributed by atoms with Crippen LogP contribution in [-0.2, 0) is 14.9 Å². The van der Waals surface area contributed by atoms with E-state index in [0.29, 0.717) is 6.61 Å². The van der Waals surface area contributed by atoms with Gasteiger partial charge in [-0.3, -0.25) is 14.7 Å². The summed E-state index contributed by atoms with van der Waals surface area (Å²) in [4.78, 5) is 9.84. The minimum atomic E-state index is -4.50. The normalized spacial score (nSPS) is 20.4. The van der Waals surface area contributed by atoms with Gasteiger partial charge in [0.05, 0.1) is 23.2 Å². The fourth-order valence-corrected chi connectivity index (χ4v) is 2.72. The SMILES string of the molecule is CC(c1c([N+](=O)[O-])cccc1S(=O)(=O)O)C1CO1. The van der Waals surface area contributed by atoms with E-state index in [2.05, 4.69) is 0 Å². The molecule has 8 heteroatoms. The summed E-state index contributed by atoms with van der Waals surface area (Å²) < 4.78 is 36.7. The zero-order valence-corrected chi connectivity index (χ0v) is 10.3. The standard InChI is InChI=1S/C10H11NO6S/c1-6(8-5-17-8)10-7(11(12)13)3-2-4-9(10)18(14,15)16/h2-4,6,8H,5H2,1H3,(H,14,15,16). The third-order valence-electron chi connectivity index (χ3n) is 2.89. The van der Waals surface area contributed by atoms with Gasteiger partial charge in [-0.25, -0.2) is 0 Å². The molecule has 0 saturated carbocycles. The Kier molecular flexibility index (Phi) is 3.09. The molecule has 1 fully saturated rings. The van der Waals surface area contributed by atoms with Crippen LogP contribution in [-0.4, -0.2) is 30.6 Å². The van der Waals surface area contributed by atoms with Crippen molar-refractivity contribution in [2.75, 3.05) is 6.61 Å². The highest BCUT2D eigenvalue weighted by atomic mass is 32.2. The first-order valence-electron chi connectivity index (χ1n) is 5.18. The van der Waals surface area contributed by atoms with Crippen molar-refractivity contribution < 1.29 is 22.6 Å². The molecule has 7 nitrogen and oxygen atoms in total. The van der Waals surface area contributed by atoms with E-state index >= 15 is 0 Å². The van der Waals surface area contributed by atoms with E-state index < -0.39 is 25.9 Å². The second kappa shape index (κ2) is 4.30. The molecule has 1 aliphatic rings. The third-order valence-corrected chi connectivity index (χ3v) is 3.80. The molecule has 0 aromatic heterocycles. The van der Waals surface area contributed by atoms with Gasteiger partial charge in [-0.2, -0.15) is 8.42 Å². The Labute approximate surface area is 103 Å². The number of hydrogen-bond acceptors (Lipinski definition) is 5. The maximum absolute atomic E-state index is 11.3. The summed E-state index contributed by atoms with van der Waals surface area (Å²) in [7, 11) is -4.50. The van der Waals surface area contributed by atoms with Crippen molar-refractivity contribution in [1.29, 1.82) is 0 Å². The summed E-state index contributed by atoms with van der Waals surface area (Å²) in [6, 6.07) is 3.59. The van der Waals surface area contributed by atoms with Crippen molar-refractivity contribution in [3.8, 4) is 0 Å². The molecular formula is C10H11NO6S. The summed E-state index contributed by atoms with van der Waals surface area (Å²) in [6.07, 6.45) is -0.244. The number of hydrogen-bond donors (Lipinski definition) is 1. The van der Waals surface area contributed by atoms with Crippen molar-refractivity contribution in [1.82, 2.24) is 0 Å². The lowest BCUT2D eigenvalue weighted by molar-refractivity contribution is -0.386. The second-order valence-electron chi connectivity index (χ2n) is 4.08. The van der Waals surface area contributed by atoms with Crippen LogP contribution in [0, 0.1) is 10.1 Å². The first-order chi connectivity index (χ1) is 8.32. The molecule has 1 saturated heterocycles. The predicted octanol–water partition coefficient (Wildman–Crippen LogP) is 1.34. The lowest BCUT2D eigenvalue weighted by Crippen LogP contribution is -2.12. The van der Waals surface area contributed by atoms with E-state index in [-0.39, 0.29) is 17.4 Å². The minimum Gasteiger partial charge on any atom is -0.372 e. The van der Waals surface area contributed by atoms with Gasteiger partial charge in [0.1, 0.15) is 4.90 Å². The second-order valence-corrected chi connectivity index (χ2v) is 5.47. The van der Waals surface area contributed by atoms with Gasteiger partial charge >= 0.3 is 0 Å². The Morgan fingerprint density at radius 3 is 2.61 bits per heavy atom. The Balaban J connectivity index is 2.66. The zero-order valence-electron chi connectivity index (χ0n) is 9.44. The molecule has 1 heterocycles. The largest absolute Gasteiger partial charge is 0.372 e. The summed E-state index contributed by atoms with van der Waals surface area (Å²) in [5.41, 5.74) is -0.333. The fourth-order valence-electron chi connectivity index (χ4n) is 1.90. The van der Waals surface area contributed by atoms with Gasteiger partial charge in [-0.05, 0) is 6.07 Å². The van der Waals surface area contributed by atoms with Gasteiger partial charge in [0.25, 0.3) is 15.8 Å². The lowest BCUT2D eigenvalue weighted by atomic mass is 9.96. The quantitative estimate of drug-likeness (QED) is 0.383. The number of nitro groups is 1. The number of benzene rings is 1. The van der Waals surface area contributed by atoms with Gasteiger partial charge in [-0.15, -0.1) is 0 Å². The number of nitro benzene ring substituents is 1. The van der Waals surface area contributed by atoms with Crippen molar-refractivity contribution in [2.24, 2.45) is 0 Å². The van der Waals surface area contributed by atoms with Crippen LogP contribution in [0.5, 0.6) is 0 Å². The Hall–Kier alpha value is -1.51. The van der Waals surface area contributed by atoms with E-state index in [1.807, 2.05) is 0 Å². The zero-order chi connectivity index (χ0) is 13.5. The highest BCUT2D eigenvalue weighted by Gasteiger charge is 2.38. The maximum atomic E-state index is 11.3. The molecule has 1 aromatic carbocycles. The Morgan fingerprint density at radius 2 is 2.17 bits per heavy atom. The van der Waals surface area contributed by atoms with E-state index in [1.54, 1.807) is 6.92 Å². The molecule has 1 N–H and O–H groups in total. The van der Waals surface area contributed by atoms with Crippen LogP contribution in [0.15, 0.2) is 23.1 Å². The summed E-state index contributed by atoms with van der Waals surface area (Å²) in [5, 5.41) is 10.9. The molecule has 98 valence electrons. The van der Waals surface area contributed by atoms with Crippen molar-refractivity contribution in [3.05, 3.63) is 33.9 Å². The molecule has 2 unspecified atom stereocenters. The minimum absolute atomic E-state index is 0.00694. The maximum Gasteiger partial charge on any atom is 0.295 e. The van der Waals surface area contributed by atoms with Crippen LogP contribution in [0.25, 0.3) is 0 Å². The van der Waals surface area contributed by atoms with E-state index in [0.717, 1.165) is 6.07 Å². The van der Waals surface area contributed by atoms with Gasteiger partial charge in [0.15, 0.2) is 0 Å². The molecule has 2 atom stereocenters. The fraction of sp³-hybridized carbons (Fsp3) is 0.400. The van der Waals surface area contributed by atoms with Gasteiger partial charge < -0.3 is 4.74 Å². The van der Waals surface area contributed by atoms with Crippen LogP contribution in [0.2, 0.25) is 0 Å². The van der Waals surface area contributed by atoms with Gasteiger partial charge in [-0.1, -0.05) is 13.0 Å². The average Bonchev–Trinajstić information content (AvgIpc) is 3.09. The summed E-state index contributed by atoms with van der Waals surface area (Å²) in [5.74, 6) is -0.469. The van der Waals surface area contributed by atoms with Crippen LogP contribution in [0.4, 0.5) is 5.69 Å². The van der Waals surface area contributed by atoms with Crippen LogP contribution >= 0.6 is 0 Å². The van der Waals surface area contributed by atoms with Crippen LogP contribution in [0.1, 0.15) is 18.4 Å². The monoisotopic (exact) mass is 273 g/mol. The lowest BCUT2D eigenvalue weighted by Gasteiger charge is -2.12. The molecule has 2 rings (SSSR count). The smallest absolute Gasteiger partial charge is 0.295 e. The molecule has 0 bridgehead atoms. The highest BCUT2D eigenvalue weighted by molar-refractivity contribution is 7.85. The van der Waals surface area contributed by atoms with Crippen LogP contribution < -0.4 is 0 Å². The Bertz CT molecular complexity index is 592. The predicted molar refractivity (Wildman–Crippen MR) is 61.1 cm³/mol. The van der Waals surface area contributed by atoms with E-state index in [1.165, 1.54) is 12.1 Å². The first kappa shape index (κ1) is 12.9. The van der Waals surface area contributed by atoms with E-state index in [4.69, 9.17) is 9.29 Å². The molecular weight excluding hydrogens is 262 g/mol. The molecule has 0 aliphatic carbocycles. The molecule has 0 spiro atoms. The summed E-state index contributed by atoms with van der Waals surface area (Å²) in [6.45, 7) is 2.06. The number of rotatable bonds is 4. The Morgan fingerprint density at radius 1 is 1.56 bits per heavy atom.